The molecule has 0 unspecified atom stereocenters. The van der Waals surface area contributed by atoms with Gasteiger partial charge in [0.15, 0.2) is 0 Å². The van der Waals surface area contributed by atoms with Crippen LogP contribution in [0.3, 0.4) is 0 Å². The van der Waals surface area contributed by atoms with E-state index in [1.165, 1.54) is 5.56 Å². The zero-order chi connectivity index (χ0) is 21.8. The van der Waals surface area contributed by atoms with Crippen LogP contribution >= 0.6 is 0 Å². The standard InChI is InChI=1S/C28H30N2O/c1-21(2)22(3)30(28(31)26-16-15-24-12-7-8-13-25(24)18-26)20-27-14-9-17-29(27)19-23-10-5-4-6-11-23/h4-18,21-22H,19-20H2,1-3H3/t22-/m1/s1. The van der Waals surface area contributed by atoms with Crippen molar-refractivity contribution in [3.63, 3.8) is 0 Å². The highest BCUT2D eigenvalue weighted by Crippen LogP contribution is 2.22. The Labute approximate surface area is 184 Å². The van der Waals surface area contributed by atoms with Crippen LogP contribution in [0.2, 0.25) is 0 Å². The van der Waals surface area contributed by atoms with Gasteiger partial charge in [0, 0.05) is 30.0 Å². The highest BCUT2D eigenvalue weighted by molar-refractivity contribution is 5.98. The van der Waals surface area contributed by atoms with E-state index in [1.807, 2.05) is 41.3 Å². The van der Waals surface area contributed by atoms with E-state index in [1.54, 1.807) is 0 Å². The molecule has 1 amide bonds. The molecule has 3 aromatic carbocycles. The molecule has 158 valence electrons. The van der Waals surface area contributed by atoms with Crippen LogP contribution in [0.1, 0.15) is 42.4 Å². The van der Waals surface area contributed by atoms with Gasteiger partial charge in [0.1, 0.15) is 0 Å². The summed E-state index contributed by atoms with van der Waals surface area (Å²) in [6.07, 6.45) is 2.10. The molecular weight excluding hydrogens is 380 g/mol. The Morgan fingerprint density at radius 3 is 2.29 bits per heavy atom. The van der Waals surface area contributed by atoms with Crippen LogP contribution < -0.4 is 0 Å². The zero-order valence-corrected chi connectivity index (χ0v) is 18.5. The molecule has 0 spiro atoms. The van der Waals surface area contributed by atoms with E-state index in [-0.39, 0.29) is 11.9 Å². The minimum absolute atomic E-state index is 0.0828. The number of fused-ring (bicyclic) bond motifs is 1. The monoisotopic (exact) mass is 410 g/mol. The summed E-state index contributed by atoms with van der Waals surface area (Å²) < 4.78 is 2.24. The van der Waals surface area contributed by atoms with Crippen molar-refractivity contribution < 1.29 is 4.79 Å². The molecule has 0 saturated carbocycles. The lowest BCUT2D eigenvalue weighted by molar-refractivity contribution is 0.0623. The Balaban J connectivity index is 1.63. The smallest absolute Gasteiger partial charge is 0.254 e. The van der Waals surface area contributed by atoms with Gasteiger partial charge in [-0.05, 0) is 53.4 Å². The number of benzene rings is 3. The maximum absolute atomic E-state index is 13.6. The minimum Gasteiger partial charge on any atom is -0.345 e. The third-order valence-corrected chi connectivity index (χ3v) is 6.17. The first-order valence-electron chi connectivity index (χ1n) is 11.0. The average molecular weight is 411 g/mol. The molecule has 4 rings (SSSR count). The van der Waals surface area contributed by atoms with Crippen LogP contribution in [-0.2, 0) is 13.1 Å². The molecule has 0 aliphatic carbocycles. The maximum Gasteiger partial charge on any atom is 0.254 e. The molecule has 3 heteroatoms. The van der Waals surface area contributed by atoms with Crippen molar-refractivity contribution in [2.75, 3.05) is 0 Å². The van der Waals surface area contributed by atoms with Gasteiger partial charge in [-0.1, -0.05) is 74.5 Å². The van der Waals surface area contributed by atoms with Crippen molar-refractivity contribution in [1.82, 2.24) is 9.47 Å². The predicted molar refractivity (Wildman–Crippen MR) is 128 cm³/mol. The maximum atomic E-state index is 13.6. The van der Waals surface area contributed by atoms with Crippen LogP contribution in [0.4, 0.5) is 0 Å². The summed E-state index contributed by atoms with van der Waals surface area (Å²) in [7, 11) is 0. The first-order chi connectivity index (χ1) is 15.0. The van der Waals surface area contributed by atoms with E-state index in [9.17, 15) is 4.79 Å². The number of carbonyl (C=O) groups excluding carboxylic acids is 1. The number of amides is 1. The van der Waals surface area contributed by atoms with E-state index in [0.29, 0.717) is 12.5 Å². The van der Waals surface area contributed by atoms with Gasteiger partial charge in [-0.2, -0.15) is 0 Å². The fourth-order valence-electron chi connectivity index (χ4n) is 3.95. The van der Waals surface area contributed by atoms with Crippen LogP contribution in [0, 0.1) is 5.92 Å². The normalized spacial score (nSPS) is 12.3. The lowest BCUT2D eigenvalue weighted by Gasteiger charge is -2.32. The van der Waals surface area contributed by atoms with Gasteiger partial charge in [0.25, 0.3) is 5.91 Å². The highest BCUT2D eigenvalue weighted by atomic mass is 16.2. The summed E-state index contributed by atoms with van der Waals surface area (Å²) in [5, 5.41) is 2.25. The number of hydrogen-bond donors (Lipinski definition) is 0. The lowest BCUT2D eigenvalue weighted by atomic mass is 10.0. The summed E-state index contributed by atoms with van der Waals surface area (Å²) in [6, 6.07) is 28.9. The summed E-state index contributed by atoms with van der Waals surface area (Å²) in [4.78, 5) is 15.7. The number of rotatable bonds is 7. The Morgan fingerprint density at radius 2 is 1.55 bits per heavy atom. The molecule has 0 fully saturated rings. The molecular formula is C28H30N2O. The Kier molecular flexibility index (Phi) is 6.22. The number of aromatic nitrogens is 1. The van der Waals surface area contributed by atoms with E-state index in [4.69, 9.17) is 0 Å². The fraction of sp³-hybridized carbons (Fsp3) is 0.250. The van der Waals surface area contributed by atoms with Crippen molar-refractivity contribution in [3.05, 3.63) is 108 Å². The van der Waals surface area contributed by atoms with Gasteiger partial charge in [-0.3, -0.25) is 4.79 Å². The van der Waals surface area contributed by atoms with Gasteiger partial charge in [0.2, 0.25) is 0 Å². The van der Waals surface area contributed by atoms with Gasteiger partial charge in [-0.15, -0.1) is 0 Å². The van der Waals surface area contributed by atoms with Crippen LogP contribution in [0.5, 0.6) is 0 Å². The van der Waals surface area contributed by atoms with Crippen LogP contribution in [0.25, 0.3) is 10.8 Å². The first kappa shape index (κ1) is 20.9. The molecule has 1 heterocycles. The number of nitrogens with zero attached hydrogens (tertiary/aromatic N) is 2. The minimum atomic E-state index is 0.0828. The zero-order valence-electron chi connectivity index (χ0n) is 18.5. The lowest BCUT2D eigenvalue weighted by Crippen LogP contribution is -2.41. The second kappa shape index (κ2) is 9.22. The third-order valence-electron chi connectivity index (χ3n) is 6.17. The summed E-state index contributed by atoms with van der Waals surface area (Å²) in [5.41, 5.74) is 3.14. The van der Waals surface area contributed by atoms with Gasteiger partial charge in [0.05, 0.1) is 6.54 Å². The molecule has 0 aliphatic heterocycles. The topological polar surface area (TPSA) is 25.2 Å². The molecule has 3 nitrogen and oxygen atoms in total. The Morgan fingerprint density at radius 1 is 0.839 bits per heavy atom. The van der Waals surface area contributed by atoms with E-state index in [0.717, 1.165) is 28.6 Å². The van der Waals surface area contributed by atoms with Crippen LogP contribution in [-0.4, -0.2) is 21.4 Å². The second-order valence-electron chi connectivity index (χ2n) is 8.59. The average Bonchev–Trinajstić information content (AvgIpc) is 3.23. The van der Waals surface area contributed by atoms with Gasteiger partial charge < -0.3 is 9.47 Å². The third kappa shape index (κ3) is 4.72. The van der Waals surface area contributed by atoms with E-state index < -0.39 is 0 Å². The van der Waals surface area contributed by atoms with Gasteiger partial charge in [-0.25, -0.2) is 0 Å². The fourth-order valence-corrected chi connectivity index (χ4v) is 3.95. The second-order valence-corrected chi connectivity index (χ2v) is 8.59. The van der Waals surface area contributed by atoms with E-state index in [2.05, 4.69) is 80.1 Å². The highest BCUT2D eigenvalue weighted by Gasteiger charge is 2.25. The quantitative estimate of drug-likeness (QED) is 0.347. The summed E-state index contributed by atoms with van der Waals surface area (Å²) in [6.45, 7) is 7.89. The largest absolute Gasteiger partial charge is 0.345 e. The van der Waals surface area contributed by atoms with Crippen LogP contribution in [0.15, 0.2) is 91.1 Å². The molecule has 0 bridgehead atoms. The Hall–Kier alpha value is -3.33. The number of carbonyl (C=O) groups is 1. The molecule has 0 radical (unpaired) electrons. The molecule has 4 aromatic rings. The Bertz CT molecular complexity index is 1160. The van der Waals surface area contributed by atoms with Crippen molar-refractivity contribution in [3.8, 4) is 0 Å². The predicted octanol–water partition coefficient (Wildman–Crippen LogP) is 6.38. The summed E-state index contributed by atoms with van der Waals surface area (Å²) in [5.74, 6) is 0.446. The van der Waals surface area contributed by atoms with Crippen molar-refractivity contribution in [1.29, 1.82) is 0 Å². The summed E-state index contributed by atoms with van der Waals surface area (Å²) >= 11 is 0. The van der Waals surface area contributed by atoms with Crippen molar-refractivity contribution in [2.24, 2.45) is 5.92 Å². The van der Waals surface area contributed by atoms with Crippen molar-refractivity contribution in [2.45, 2.75) is 39.9 Å². The van der Waals surface area contributed by atoms with Crippen molar-refractivity contribution >= 4 is 16.7 Å². The number of hydrogen-bond acceptors (Lipinski definition) is 1. The first-order valence-corrected chi connectivity index (χ1v) is 11.0. The molecule has 0 N–H and O–H groups in total. The van der Waals surface area contributed by atoms with Gasteiger partial charge >= 0.3 is 0 Å². The molecule has 31 heavy (non-hydrogen) atoms. The molecule has 0 saturated heterocycles. The molecule has 1 atom stereocenters. The molecule has 1 aromatic heterocycles. The molecule has 0 aliphatic rings. The SMILES string of the molecule is CC(C)[C@@H](C)N(Cc1cccn1Cc1ccccc1)C(=O)c1ccc2ccccc2c1. The van der Waals surface area contributed by atoms with E-state index >= 15 is 0 Å².